The maximum atomic E-state index is 15.4. The summed E-state index contributed by atoms with van der Waals surface area (Å²) in [6.07, 6.45) is 5.18. The van der Waals surface area contributed by atoms with Crippen molar-refractivity contribution in [3.05, 3.63) is 77.9 Å². The molecule has 2 N–H and O–H groups in total. The fraction of sp³-hybridized carbons (Fsp3) is 0.0909. The summed E-state index contributed by atoms with van der Waals surface area (Å²) >= 11 is 0. The van der Waals surface area contributed by atoms with Crippen LogP contribution in [0.4, 0.5) is 13.2 Å². The van der Waals surface area contributed by atoms with Crippen LogP contribution in [0.5, 0.6) is 0 Å². The summed E-state index contributed by atoms with van der Waals surface area (Å²) < 4.78 is 71.1. The maximum Gasteiger partial charge on any atom is 0.185 e. The van der Waals surface area contributed by atoms with Gasteiger partial charge in [-0.05, 0) is 25.1 Å². The summed E-state index contributed by atoms with van der Waals surface area (Å²) in [5, 5.41) is 6.94. The first-order valence-corrected chi connectivity index (χ1v) is 11.6. The molecule has 0 atom stereocenters. The van der Waals surface area contributed by atoms with Crippen LogP contribution >= 0.6 is 0 Å². The van der Waals surface area contributed by atoms with E-state index in [0.29, 0.717) is 23.1 Å². The molecule has 172 valence electrons. The predicted molar refractivity (Wildman–Crippen MR) is 117 cm³/mol. The van der Waals surface area contributed by atoms with Gasteiger partial charge in [0.25, 0.3) is 0 Å². The molecule has 0 unspecified atom stereocenters. The second kappa shape index (κ2) is 8.06. The van der Waals surface area contributed by atoms with Crippen molar-refractivity contribution in [2.75, 3.05) is 0 Å². The van der Waals surface area contributed by atoms with E-state index in [9.17, 15) is 12.8 Å². The number of H-pyrrole nitrogens is 2. The van der Waals surface area contributed by atoms with Crippen LogP contribution in [-0.4, -0.2) is 38.6 Å². The molecule has 4 heterocycles. The van der Waals surface area contributed by atoms with E-state index in [2.05, 4.69) is 30.1 Å². The van der Waals surface area contributed by atoms with Crippen molar-refractivity contribution in [2.24, 2.45) is 0 Å². The van der Waals surface area contributed by atoms with Gasteiger partial charge in [0.15, 0.2) is 33.1 Å². The highest BCUT2D eigenvalue weighted by Gasteiger charge is 2.27. The molecule has 0 bridgehead atoms. The van der Waals surface area contributed by atoms with Gasteiger partial charge in [-0.25, -0.2) is 26.6 Å². The molecule has 0 aliphatic heterocycles. The molecule has 0 amide bonds. The minimum Gasteiger partial charge on any atom is -0.343 e. The molecule has 1 aromatic carbocycles. The monoisotopic (exact) mass is 484 g/mol. The second-order valence-electron chi connectivity index (χ2n) is 7.45. The summed E-state index contributed by atoms with van der Waals surface area (Å²) in [5.41, 5.74) is -1.21. The van der Waals surface area contributed by atoms with Gasteiger partial charge in [-0.15, -0.1) is 0 Å². The summed E-state index contributed by atoms with van der Waals surface area (Å²) in [5.74, 6) is -3.84. The van der Waals surface area contributed by atoms with Crippen LogP contribution in [0.15, 0.2) is 53.9 Å². The number of benzene rings is 1. The fourth-order valence-electron chi connectivity index (χ4n) is 3.73. The van der Waals surface area contributed by atoms with E-state index < -0.39 is 49.9 Å². The third kappa shape index (κ3) is 3.52. The van der Waals surface area contributed by atoms with E-state index in [1.54, 1.807) is 6.20 Å². The standard InChI is InChI=1S/C22H15F3N6O2S/c1-11-16(3-2-6-26-11)34(32,33)10-15-19(25)17(14(23)9-29-15)12-4-5-13-20(18(12)24)30-31-21(13)22-27-7-8-28-22/h2-9H,10H2,1H3,(H,27,28)(H,30,31). The Balaban J connectivity index is 1.61. The van der Waals surface area contributed by atoms with Crippen molar-refractivity contribution in [1.29, 1.82) is 0 Å². The van der Waals surface area contributed by atoms with Crippen molar-refractivity contribution >= 4 is 20.7 Å². The average Bonchev–Trinajstić information content (AvgIpc) is 3.47. The summed E-state index contributed by atoms with van der Waals surface area (Å²) in [4.78, 5) is 14.4. The van der Waals surface area contributed by atoms with E-state index >= 15 is 8.78 Å². The Morgan fingerprint density at radius 1 is 1.00 bits per heavy atom. The lowest BCUT2D eigenvalue weighted by atomic mass is 10.0. The third-order valence-corrected chi connectivity index (χ3v) is 7.09. The molecule has 0 spiro atoms. The van der Waals surface area contributed by atoms with E-state index in [4.69, 9.17) is 0 Å². The summed E-state index contributed by atoms with van der Waals surface area (Å²) in [6.45, 7) is 1.50. The molecule has 0 radical (unpaired) electrons. The number of nitrogens with zero attached hydrogens (tertiary/aromatic N) is 4. The normalized spacial score (nSPS) is 11.9. The largest absolute Gasteiger partial charge is 0.343 e. The molecule has 5 aromatic rings. The molecule has 5 rings (SSSR count). The summed E-state index contributed by atoms with van der Waals surface area (Å²) in [6, 6.07) is 5.42. The van der Waals surface area contributed by atoms with Gasteiger partial charge >= 0.3 is 0 Å². The van der Waals surface area contributed by atoms with Crippen LogP contribution in [0.25, 0.3) is 33.5 Å². The van der Waals surface area contributed by atoms with Gasteiger partial charge in [0.1, 0.15) is 17.0 Å². The molecule has 8 nitrogen and oxygen atoms in total. The molecular weight excluding hydrogens is 469 g/mol. The predicted octanol–water partition coefficient (Wildman–Crippen LogP) is 4.11. The quantitative estimate of drug-likeness (QED) is 0.388. The van der Waals surface area contributed by atoms with Gasteiger partial charge in [0.2, 0.25) is 0 Å². The molecule has 12 heteroatoms. The molecule has 4 aromatic heterocycles. The zero-order valence-electron chi connectivity index (χ0n) is 17.5. The highest BCUT2D eigenvalue weighted by Crippen LogP contribution is 2.35. The Hall–Kier alpha value is -4.06. The van der Waals surface area contributed by atoms with Gasteiger partial charge in [0, 0.05) is 29.5 Å². The molecule has 0 saturated heterocycles. The van der Waals surface area contributed by atoms with Crippen molar-refractivity contribution in [3.8, 4) is 22.6 Å². The number of nitrogens with one attached hydrogen (secondary N) is 2. The Bertz CT molecular complexity index is 1650. The molecule has 0 fully saturated rings. The molecule has 0 saturated carbocycles. The first kappa shape index (κ1) is 21.8. The van der Waals surface area contributed by atoms with Crippen LogP contribution in [0.1, 0.15) is 11.4 Å². The maximum absolute atomic E-state index is 15.4. The number of halogens is 3. The van der Waals surface area contributed by atoms with Gasteiger partial charge in [-0.2, -0.15) is 5.10 Å². The zero-order valence-corrected chi connectivity index (χ0v) is 18.3. The van der Waals surface area contributed by atoms with Gasteiger partial charge in [-0.1, -0.05) is 6.07 Å². The number of hydrogen-bond donors (Lipinski definition) is 2. The molecule has 0 aliphatic carbocycles. The minimum absolute atomic E-state index is 0.100. The first-order valence-electron chi connectivity index (χ1n) is 9.92. The van der Waals surface area contributed by atoms with Crippen LogP contribution in [0.2, 0.25) is 0 Å². The average molecular weight is 484 g/mol. The smallest absolute Gasteiger partial charge is 0.185 e. The number of aromatic nitrogens is 6. The lowest BCUT2D eigenvalue weighted by Crippen LogP contribution is -2.11. The van der Waals surface area contributed by atoms with Crippen LogP contribution < -0.4 is 0 Å². The van der Waals surface area contributed by atoms with Crippen molar-refractivity contribution in [1.82, 2.24) is 30.1 Å². The lowest BCUT2D eigenvalue weighted by Gasteiger charge is -2.11. The van der Waals surface area contributed by atoms with Crippen molar-refractivity contribution in [2.45, 2.75) is 17.6 Å². The number of pyridine rings is 2. The molecular formula is C22H15F3N6O2S. The van der Waals surface area contributed by atoms with E-state index in [0.717, 1.165) is 0 Å². The van der Waals surface area contributed by atoms with E-state index in [-0.39, 0.29) is 16.1 Å². The highest BCUT2D eigenvalue weighted by atomic mass is 32.2. The number of rotatable bonds is 5. The van der Waals surface area contributed by atoms with Crippen molar-refractivity contribution < 1.29 is 21.6 Å². The van der Waals surface area contributed by atoms with E-state index in [1.807, 2.05) is 0 Å². The number of sulfone groups is 1. The van der Waals surface area contributed by atoms with Crippen molar-refractivity contribution in [3.63, 3.8) is 0 Å². The Kier molecular flexibility index (Phi) is 5.16. The number of aromatic amines is 2. The Morgan fingerprint density at radius 3 is 2.56 bits per heavy atom. The summed E-state index contributed by atoms with van der Waals surface area (Å²) in [7, 11) is -4.05. The number of aryl methyl sites for hydroxylation is 1. The van der Waals surface area contributed by atoms with Gasteiger partial charge < -0.3 is 4.98 Å². The number of hydrogen-bond acceptors (Lipinski definition) is 6. The van der Waals surface area contributed by atoms with Gasteiger partial charge in [-0.3, -0.25) is 15.1 Å². The van der Waals surface area contributed by atoms with Gasteiger partial charge in [0.05, 0.1) is 28.0 Å². The fourth-order valence-corrected chi connectivity index (χ4v) is 5.24. The molecule has 34 heavy (non-hydrogen) atoms. The highest BCUT2D eigenvalue weighted by molar-refractivity contribution is 7.90. The van der Waals surface area contributed by atoms with Crippen LogP contribution in [0, 0.1) is 24.4 Å². The van der Waals surface area contributed by atoms with Crippen LogP contribution in [-0.2, 0) is 15.6 Å². The number of fused-ring (bicyclic) bond motifs is 1. The first-order chi connectivity index (χ1) is 16.3. The van der Waals surface area contributed by atoms with Crippen LogP contribution in [0.3, 0.4) is 0 Å². The number of imidazole rings is 1. The zero-order chi connectivity index (χ0) is 24.0. The SMILES string of the molecule is Cc1ncccc1S(=O)(=O)Cc1ncc(F)c(-c2ccc3c(-c4ncc[nH]4)[nH]nc3c2F)c1F. The van der Waals surface area contributed by atoms with E-state index in [1.165, 1.54) is 43.6 Å². The topological polar surface area (TPSA) is 117 Å². The second-order valence-corrected chi connectivity index (χ2v) is 9.41. The third-order valence-electron chi connectivity index (χ3n) is 5.34. The minimum atomic E-state index is -4.05. The Labute approximate surface area is 190 Å². The Morgan fingerprint density at radius 2 is 1.82 bits per heavy atom. The molecule has 0 aliphatic rings. The lowest BCUT2D eigenvalue weighted by molar-refractivity contribution is 0.559.